The van der Waals surface area contributed by atoms with Crippen molar-refractivity contribution in [1.82, 2.24) is 4.90 Å². The van der Waals surface area contributed by atoms with E-state index < -0.39 is 0 Å². The highest BCUT2D eigenvalue weighted by molar-refractivity contribution is 7.12. The van der Waals surface area contributed by atoms with E-state index in [0.29, 0.717) is 13.1 Å². The van der Waals surface area contributed by atoms with Gasteiger partial charge in [0.05, 0.1) is 0 Å². The predicted octanol–water partition coefficient (Wildman–Crippen LogP) is 2.77. The van der Waals surface area contributed by atoms with Crippen molar-refractivity contribution >= 4 is 23.0 Å². The minimum absolute atomic E-state index is 0.00511. The minimum Gasteiger partial charge on any atom is -0.345 e. The molecule has 0 atom stereocenters. The Kier molecular flexibility index (Phi) is 6.10. The third kappa shape index (κ3) is 5.25. The van der Waals surface area contributed by atoms with E-state index in [-0.39, 0.29) is 29.9 Å². The summed E-state index contributed by atoms with van der Waals surface area (Å²) in [5, 5.41) is 0. The molecule has 0 bridgehead atoms. The monoisotopic (exact) mass is 310 g/mol. The van der Waals surface area contributed by atoms with E-state index in [1.807, 2.05) is 33.8 Å². The van der Waals surface area contributed by atoms with E-state index >= 15 is 0 Å². The van der Waals surface area contributed by atoms with Gasteiger partial charge >= 0.3 is 0 Å². The van der Waals surface area contributed by atoms with Crippen LogP contribution in [-0.2, 0) is 4.79 Å². The molecule has 0 aliphatic heterocycles. The molecule has 4 nitrogen and oxygen atoms in total. The average molecular weight is 310 g/mol. The molecule has 0 aliphatic rings. The summed E-state index contributed by atoms with van der Waals surface area (Å²) in [6.45, 7) is 9.12. The van der Waals surface area contributed by atoms with Gasteiger partial charge in [-0.3, -0.25) is 9.59 Å². The molecular weight excluding hydrogens is 284 g/mol. The normalized spacial score (nSPS) is 11.5. The van der Waals surface area contributed by atoms with Crippen molar-refractivity contribution in [2.75, 3.05) is 20.1 Å². The van der Waals surface area contributed by atoms with Gasteiger partial charge < -0.3 is 10.6 Å². The number of amides is 1. The van der Waals surface area contributed by atoms with Gasteiger partial charge in [-0.15, -0.1) is 11.3 Å². The largest absolute Gasteiger partial charge is 0.345 e. The fourth-order valence-electron chi connectivity index (χ4n) is 2.25. The van der Waals surface area contributed by atoms with Crippen LogP contribution in [0.3, 0.4) is 0 Å². The average Bonchev–Trinajstić information content (AvgIpc) is 2.74. The molecule has 0 saturated carbocycles. The molecular formula is C16H26N2O2S. The van der Waals surface area contributed by atoms with Crippen LogP contribution in [0.25, 0.3) is 0 Å². The molecule has 1 heterocycles. The van der Waals surface area contributed by atoms with Gasteiger partial charge in [0.15, 0.2) is 5.78 Å². The van der Waals surface area contributed by atoms with Crippen LogP contribution in [0.5, 0.6) is 0 Å². The topological polar surface area (TPSA) is 63.4 Å². The number of rotatable bonds is 7. The minimum atomic E-state index is -0.102. The molecule has 1 rings (SSSR count). The van der Waals surface area contributed by atoms with Gasteiger partial charge in [0, 0.05) is 41.8 Å². The van der Waals surface area contributed by atoms with Crippen molar-refractivity contribution in [1.29, 1.82) is 0 Å². The second-order valence-corrected chi connectivity index (χ2v) is 7.83. The molecule has 0 unspecified atom stereocenters. The van der Waals surface area contributed by atoms with Crippen LogP contribution in [-0.4, -0.2) is 36.7 Å². The van der Waals surface area contributed by atoms with Gasteiger partial charge in [-0.25, -0.2) is 0 Å². The first-order chi connectivity index (χ1) is 9.66. The van der Waals surface area contributed by atoms with E-state index in [1.165, 1.54) is 0 Å². The van der Waals surface area contributed by atoms with Crippen molar-refractivity contribution < 1.29 is 9.59 Å². The van der Waals surface area contributed by atoms with Gasteiger partial charge in [-0.05, 0) is 31.9 Å². The number of hydrogen-bond donors (Lipinski definition) is 1. The SMILES string of the molecule is Cc1cc(C(=O)CCC(=O)N(C)CC(C)(C)CN)c(C)s1. The molecule has 118 valence electrons. The van der Waals surface area contributed by atoms with E-state index in [1.54, 1.807) is 23.3 Å². The van der Waals surface area contributed by atoms with Gasteiger partial charge in [0.2, 0.25) is 5.91 Å². The number of carbonyl (C=O) groups is 2. The number of thiophene rings is 1. The number of ketones is 1. The predicted molar refractivity (Wildman–Crippen MR) is 87.8 cm³/mol. The highest BCUT2D eigenvalue weighted by Crippen LogP contribution is 2.22. The Morgan fingerprint density at radius 1 is 1.29 bits per heavy atom. The number of aryl methyl sites for hydroxylation is 2. The Hall–Kier alpha value is -1.20. The Morgan fingerprint density at radius 3 is 2.38 bits per heavy atom. The van der Waals surface area contributed by atoms with Gasteiger partial charge in [-0.1, -0.05) is 13.8 Å². The zero-order valence-corrected chi connectivity index (χ0v) is 14.5. The Balaban J connectivity index is 2.53. The van der Waals surface area contributed by atoms with E-state index in [0.717, 1.165) is 15.3 Å². The number of carbonyl (C=O) groups excluding carboxylic acids is 2. The second kappa shape index (κ2) is 7.18. The zero-order valence-electron chi connectivity index (χ0n) is 13.7. The molecule has 5 heteroatoms. The number of nitrogens with two attached hydrogens (primary N) is 1. The van der Waals surface area contributed by atoms with Crippen molar-refractivity contribution in [3.63, 3.8) is 0 Å². The summed E-state index contributed by atoms with van der Waals surface area (Å²) in [7, 11) is 1.77. The second-order valence-electron chi connectivity index (χ2n) is 6.37. The van der Waals surface area contributed by atoms with Crippen molar-refractivity contribution in [2.24, 2.45) is 11.1 Å². The van der Waals surface area contributed by atoms with E-state index in [2.05, 4.69) is 0 Å². The first kappa shape index (κ1) is 17.9. The third-order valence-corrected chi connectivity index (χ3v) is 4.52. The summed E-state index contributed by atoms with van der Waals surface area (Å²) in [6.07, 6.45) is 0.521. The first-order valence-electron chi connectivity index (χ1n) is 7.20. The molecule has 0 fully saturated rings. The fraction of sp³-hybridized carbons (Fsp3) is 0.625. The van der Waals surface area contributed by atoms with Crippen LogP contribution in [0.15, 0.2) is 6.07 Å². The maximum Gasteiger partial charge on any atom is 0.222 e. The molecule has 0 aromatic carbocycles. The smallest absolute Gasteiger partial charge is 0.222 e. The Morgan fingerprint density at radius 2 is 1.90 bits per heavy atom. The summed E-state index contributed by atoms with van der Waals surface area (Å²) in [5.41, 5.74) is 6.34. The molecule has 0 radical (unpaired) electrons. The lowest BCUT2D eigenvalue weighted by Gasteiger charge is -2.29. The summed E-state index contributed by atoms with van der Waals surface area (Å²) in [5.74, 6) is 0.0474. The highest BCUT2D eigenvalue weighted by Gasteiger charge is 2.22. The summed E-state index contributed by atoms with van der Waals surface area (Å²) in [6, 6.07) is 1.91. The fourth-order valence-corrected chi connectivity index (χ4v) is 3.19. The third-order valence-electron chi connectivity index (χ3n) is 3.55. The standard InChI is InChI=1S/C16H26N2O2S/c1-11-8-13(12(2)21-11)14(19)6-7-15(20)18(5)10-16(3,4)9-17/h8H,6-7,9-10,17H2,1-5H3. The molecule has 0 aliphatic carbocycles. The molecule has 1 aromatic rings. The van der Waals surface area contributed by atoms with E-state index in [4.69, 9.17) is 5.73 Å². The molecule has 21 heavy (non-hydrogen) atoms. The summed E-state index contributed by atoms with van der Waals surface area (Å²) >= 11 is 1.62. The number of Topliss-reactive ketones (excluding diaryl/α,β-unsaturated/α-hetero) is 1. The van der Waals surface area contributed by atoms with Crippen molar-refractivity contribution in [3.8, 4) is 0 Å². The Labute approximate surface area is 131 Å². The molecule has 2 N–H and O–H groups in total. The van der Waals surface area contributed by atoms with Crippen molar-refractivity contribution in [2.45, 2.75) is 40.5 Å². The van der Waals surface area contributed by atoms with Gasteiger partial charge in [0.25, 0.3) is 0 Å². The van der Waals surface area contributed by atoms with Gasteiger partial charge in [0.1, 0.15) is 0 Å². The molecule has 1 amide bonds. The summed E-state index contributed by atoms with van der Waals surface area (Å²) in [4.78, 5) is 28.1. The van der Waals surface area contributed by atoms with Crippen LogP contribution in [0.2, 0.25) is 0 Å². The number of hydrogen-bond acceptors (Lipinski definition) is 4. The van der Waals surface area contributed by atoms with Crippen LogP contribution < -0.4 is 5.73 Å². The van der Waals surface area contributed by atoms with E-state index in [9.17, 15) is 9.59 Å². The van der Waals surface area contributed by atoms with Crippen molar-refractivity contribution in [3.05, 3.63) is 21.4 Å². The maximum atomic E-state index is 12.2. The van der Waals surface area contributed by atoms with Crippen LogP contribution in [0, 0.1) is 19.3 Å². The lowest BCUT2D eigenvalue weighted by Crippen LogP contribution is -2.39. The lowest BCUT2D eigenvalue weighted by molar-refractivity contribution is -0.131. The molecule has 0 saturated heterocycles. The Bertz CT molecular complexity index is 520. The van der Waals surface area contributed by atoms with Crippen LogP contribution in [0.4, 0.5) is 0 Å². The molecule has 0 spiro atoms. The van der Waals surface area contributed by atoms with Crippen LogP contribution >= 0.6 is 11.3 Å². The first-order valence-corrected chi connectivity index (χ1v) is 8.02. The lowest BCUT2D eigenvalue weighted by atomic mass is 9.93. The van der Waals surface area contributed by atoms with Gasteiger partial charge in [-0.2, -0.15) is 0 Å². The quantitative estimate of drug-likeness (QED) is 0.788. The zero-order chi connectivity index (χ0) is 16.2. The number of nitrogens with zero attached hydrogens (tertiary/aromatic N) is 1. The maximum absolute atomic E-state index is 12.2. The van der Waals surface area contributed by atoms with Crippen LogP contribution in [0.1, 0.15) is 46.8 Å². The highest BCUT2D eigenvalue weighted by atomic mass is 32.1. The summed E-state index contributed by atoms with van der Waals surface area (Å²) < 4.78 is 0. The molecule has 1 aromatic heterocycles.